The van der Waals surface area contributed by atoms with Crippen molar-refractivity contribution in [2.24, 2.45) is 0 Å². The molecule has 1 aromatic rings. The van der Waals surface area contributed by atoms with E-state index >= 15 is 0 Å². The standard InChI is InChI=1S/C15H20O7/c1-8-12(17)13(18)14(19)15(22-8)21-7-11(16)9-3-5-10(20-2)6-4-9/h3-6,8,12-15,17-19H,7H2,1-2H3/t8-,12-,13+,14+,15+/m0/s1. The van der Waals surface area contributed by atoms with Crippen molar-refractivity contribution < 1.29 is 34.3 Å². The zero-order valence-electron chi connectivity index (χ0n) is 12.4. The first kappa shape index (κ1) is 16.9. The highest BCUT2D eigenvalue weighted by Gasteiger charge is 2.42. The van der Waals surface area contributed by atoms with Gasteiger partial charge < -0.3 is 29.5 Å². The fourth-order valence-electron chi connectivity index (χ4n) is 2.17. The van der Waals surface area contributed by atoms with Gasteiger partial charge in [0.1, 0.15) is 30.7 Å². The second-order valence-electron chi connectivity index (χ2n) is 5.14. The van der Waals surface area contributed by atoms with Crippen LogP contribution in [-0.2, 0) is 9.47 Å². The van der Waals surface area contributed by atoms with Crippen molar-refractivity contribution in [2.75, 3.05) is 13.7 Å². The van der Waals surface area contributed by atoms with Crippen LogP contribution in [0.3, 0.4) is 0 Å². The Kier molecular flexibility index (Phi) is 5.49. The summed E-state index contributed by atoms with van der Waals surface area (Å²) in [6.45, 7) is 1.23. The normalized spacial score (nSPS) is 31.8. The molecule has 122 valence electrons. The smallest absolute Gasteiger partial charge is 0.188 e. The lowest BCUT2D eigenvalue weighted by Gasteiger charge is -2.38. The highest BCUT2D eigenvalue weighted by molar-refractivity contribution is 5.97. The Balaban J connectivity index is 1.92. The Morgan fingerprint density at radius 1 is 1.14 bits per heavy atom. The van der Waals surface area contributed by atoms with Gasteiger partial charge in [-0.15, -0.1) is 0 Å². The molecule has 1 heterocycles. The molecule has 22 heavy (non-hydrogen) atoms. The minimum absolute atomic E-state index is 0.299. The molecule has 1 aliphatic heterocycles. The summed E-state index contributed by atoms with van der Waals surface area (Å²) in [4.78, 5) is 12.0. The minimum atomic E-state index is -1.42. The van der Waals surface area contributed by atoms with Crippen molar-refractivity contribution in [2.45, 2.75) is 37.6 Å². The van der Waals surface area contributed by atoms with E-state index in [2.05, 4.69) is 0 Å². The summed E-state index contributed by atoms with van der Waals surface area (Å²) in [5, 5.41) is 29.0. The Bertz CT molecular complexity index is 501. The van der Waals surface area contributed by atoms with E-state index in [1.165, 1.54) is 7.11 Å². The number of methoxy groups -OCH3 is 1. The van der Waals surface area contributed by atoms with Gasteiger partial charge in [0.25, 0.3) is 0 Å². The first-order valence-corrected chi connectivity index (χ1v) is 6.92. The van der Waals surface area contributed by atoms with E-state index in [1.54, 1.807) is 31.2 Å². The van der Waals surface area contributed by atoms with Crippen molar-refractivity contribution in [1.82, 2.24) is 0 Å². The summed E-state index contributed by atoms with van der Waals surface area (Å²) in [7, 11) is 1.53. The number of aliphatic hydroxyl groups excluding tert-OH is 3. The molecule has 0 radical (unpaired) electrons. The number of ketones is 1. The van der Waals surface area contributed by atoms with Gasteiger partial charge in [-0.25, -0.2) is 0 Å². The van der Waals surface area contributed by atoms with Gasteiger partial charge in [0.15, 0.2) is 12.1 Å². The molecule has 2 rings (SSSR count). The van der Waals surface area contributed by atoms with Crippen LogP contribution in [0.25, 0.3) is 0 Å². The average molecular weight is 312 g/mol. The molecule has 7 nitrogen and oxygen atoms in total. The zero-order chi connectivity index (χ0) is 16.3. The van der Waals surface area contributed by atoms with Gasteiger partial charge in [-0.1, -0.05) is 0 Å². The second-order valence-corrected chi connectivity index (χ2v) is 5.14. The molecule has 1 saturated heterocycles. The first-order chi connectivity index (χ1) is 10.4. The van der Waals surface area contributed by atoms with E-state index in [4.69, 9.17) is 14.2 Å². The highest BCUT2D eigenvalue weighted by atomic mass is 16.7. The molecule has 0 bridgehead atoms. The molecule has 0 aromatic heterocycles. The van der Waals surface area contributed by atoms with Crippen molar-refractivity contribution >= 4 is 5.78 Å². The molecule has 1 fully saturated rings. The van der Waals surface area contributed by atoms with Gasteiger partial charge in [-0.05, 0) is 31.2 Å². The predicted molar refractivity (Wildman–Crippen MR) is 75.6 cm³/mol. The molecule has 0 aliphatic carbocycles. The number of hydrogen-bond donors (Lipinski definition) is 3. The van der Waals surface area contributed by atoms with Crippen LogP contribution in [0.15, 0.2) is 24.3 Å². The number of aliphatic hydroxyl groups is 3. The van der Waals surface area contributed by atoms with Crippen LogP contribution in [0.5, 0.6) is 5.75 Å². The van der Waals surface area contributed by atoms with Gasteiger partial charge >= 0.3 is 0 Å². The molecule has 0 unspecified atom stereocenters. The van der Waals surface area contributed by atoms with Crippen LogP contribution in [-0.4, -0.2) is 65.5 Å². The molecular formula is C15H20O7. The van der Waals surface area contributed by atoms with Crippen molar-refractivity contribution in [3.05, 3.63) is 29.8 Å². The Morgan fingerprint density at radius 3 is 2.36 bits per heavy atom. The van der Waals surface area contributed by atoms with E-state index in [-0.39, 0.29) is 12.4 Å². The molecular weight excluding hydrogens is 292 g/mol. The molecule has 1 aromatic carbocycles. The van der Waals surface area contributed by atoms with Gasteiger partial charge in [-0.3, -0.25) is 4.79 Å². The molecule has 5 atom stereocenters. The maximum atomic E-state index is 12.0. The SMILES string of the molecule is COc1ccc(C(=O)CO[C@@H]2O[C@@H](C)[C@H](O)[C@@H](O)[C@H]2O)cc1. The quantitative estimate of drug-likeness (QED) is 0.642. The lowest BCUT2D eigenvalue weighted by Crippen LogP contribution is -2.57. The van der Waals surface area contributed by atoms with Crippen LogP contribution in [0.2, 0.25) is 0 Å². The maximum absolute atomic E-state index is 12.0. The van der Waals surface area contributed by atoms with Crippen LogP contribution < -0.4 is 4.74 Å². The third-order valence-corrected chi connectivity index (χ3v) is 3.60. The summed E-state index contributed by atoms with van der Waals surface area (Å²) in [6, 6.07) is 6.51. The van der Waals surface area contributed by atoms with E-state index in [9.17, 15) is 20.1 Å². The summed E-state index contributed by atoms with van der Waals surface area (Å²) in [5.74, 6) is 0.334. The van der Waals surface area contributed by atoms with Crippen molar-refractivity contribution in [1.29, 1.82) is 0 Å². The van der Waals surface area contributed by atoms with Crippen LogP contribution in [0, 0.1) is 0 Å². The Hall–Kier alpha value is -1.51. The van der Waals surface area contributed by atoms with Gasteiger partial charge in [0.2, 0.25) is 0 Å². The zero-order valence-corrected chi connectivity index (χ0v) is 12.4. The molecule has 0 saturated carbocycles. The summed E-state index contributed by atoms with van der Waals surface area (Å²) in [5.41, 5.74) is 0.430. The van der Waals surface area contributed by atoms with Gasteiger partial charge in [-0.2, -0.15) is 0 Å². The van der Waals surface area contributed by atoms with E-state index in [0.717, 1.165) is 0 Å². The number of Topliss-reactive ketones (excluding diaryl/α,β-unsaturated/α-hetero) is 1. The summed E-state index contributed by atoms with van der Waals surface area (Å²) < 4.78 is 15.5. The predicted octanol–water partition coefficient (Wildman–Crippen LogP) is -0.278. The Labute approximate surface area is 128 Å². The lowest BCUT2D eigenvalue weighted by molar-refractivity contribution is -0.289. The fourth-order valence-corrected chi connectivity index (χ4v) is 2.17. The van der Waals surface area contributed by atoms with E-state index in [1.807, 2.05) is 0 Å². The number of rotatable bonds is 5. The molecule has 3 N–H and O–H groups in total. The Morgan fingerprint density at radius 2 is 1.77 bits per heavy atom. The van der Waals surface area contributed by atoms with Crippen LogP contribution >= 0.6 is 0 Å². The molecule has 7 heteroatoms. The number of carbonyl (C=O) groups excluding carboxylic acids is 1. The number of ether oxygens (including phenoxy) is 3. The van der Waals surface area contributed by atoms with Gasteiger partial charge in [0.05, 0.1) is 13.2 Å². The lowest BCUT2D eigenvalue weighted by atomic mass is 10.00. The van der Waals surface area contributed by atoms with Crippen molar-refractivity contribution in [3.63, 3.8) is 0 Å². The average Bonchev–Trinajstić information content (AvgIpc) is 2.54. The van der Waals surface area contributed by atoms with Crippen molar-refractivity contribution in [3.8, 4) is 5.75 Å². The largest absolute Gasteiger partial charge is 0.497 e. The highest BCUT2D eigenvalue weighted by Crippen LogP contribution is 2.22. The minimum Gasteiger partial charge on any atom is -0.497 e. The second kappa shape index (κ2) is 7.17. The maximum Gasteiger partial charge on any atom is 0.188 e. The van der Waals surface area contributed by atoms with Crippen LogP contribution in [0.4, 0.5) is 0 Å². The fraction of sp³-hybridized carbons (Fsp3) is 0.533. The third kappa shape index (κ3) is 3.63. The summed E-state index contributed by atoms with van der Waals surface area (Å²) in [6.07, 6.45) is -5.89. The third-order valence-electron chi connectivity index (χ3n) is 3.60. The monoisotopic (exact) mass is 312 g/mol. The van der Waals surface area contributed by atoms with E-state index in [0.29, 0.717) is 11.3 Å². The number of hydrogen-bond acceptors (Lipinski definition) is 7. The molecule has 0 spiro atoms. The molecule has 1 aliphatic rings. The van der Waals surface area contributed by atoms with E-state index < -0.39 is 30.7 Å². The van der Waals surface area contributed by atoms with Gasteiger partial charge in [0, 0.05) is 5.56 Å². The van der Waals surface area contributed by atoms with Crippen LogP contribution in [0.1, 0.15) is 17.3 Å². The first-order valence-electron chi connectivity index (χ1n) is 6.92. The molecule has 0 amide bonds. The number of carbonyl (C=O) groups is 1. The topological polar surface area (TPSA) is 105 Å². The number of benzene rings is 1. The summed E-state index contributed by atoms with van der Waals surface area (Å²) >= 11 is 0.